The van der Waals surface area contributed by atoms with Gasteiger partial charge in [-0.25, -0.2) is 0 Å². The molecule has 0 bridgehead atoms. The lowest BCUT2D eigenvalue weighted by Gasteiger charge is -2.21. The maximum absolute atomic E-state index is 12.1. The minimum absolute atomic E-state index is 0.0775. The first-order valence-corrected chi connectivity index (χ1v) is 8.67. The molecular weight excluding hydrogens is 298 g/mol. The van der Waals surface area contributed by atoms with Gasteiger partial charge in [-0.05, 0) is 37.1 Å². The maximum Gasteiger partial charge on any atom is 0.224 e. The van der Waals surface area contributed by atoms with E-state index in [-0.39, 0.29) is 12.3 Å². The first kappa shape index (κ1) is 15.4. The second kappa shape index (κ2) is 5.97. The lowest BCUT2D eigenvalue weighted by Crippen LogP contribution is -2.43. The summed E-state index contributed by atoms with van der Waals surface area (Å²) in [6.45, 7) is 4.40. The van der Waals surface area contributed by atoms with E-state index >= 15 is 0 Å². The van der Waals surface area contributed by atoms with Gasteiger partial charge < -0.3 is 14.8 Å². The van der Waals surface area contributed by atoms with E-state index in [0.717, 1.165) is 34.3 Å². The number of amides is 1. The molecule has 2 N–H and O–H groups in total. The van der Waals surface area contributed by atoms with Crippen LogP contribution in [0.15, 0.2) is 22.8 Å². The van der Waals surface area contributed by atoms with Crippen molar-refractivity contribution in [3.63, 3.8) is 0 Å². The zero-order valence-corrected chi connectivity index (χ0v) is 13.8. The zero-order valence-electron chi connectivity index (χ0n) is 12.9. The minimum atomic E-state index is -0.744. The molecule has 0 radical (unpaired) electrons. The van der Waals surface area contributed by atoms with E-state index in [1.54, 1.807) is 18.0 Å². The second-order valence-electron chi connectivity index (χ2n) is 6.13. The molecule has 5 heteroatoms. The molecule has 1 saturated heterocycles. The lowest BCUT2D eigenvalue weighted by atomic mass is 10.0. The average Bonchev–Trinajstić information content (AvgIpc) is 3.09. The summed E-state index contributed by atoms with van der Waals surface area (Å²) < 4.78 is 5.63. The van der Waals surface area contributed by atoms with Crippen molar-refractivity contribution in [2.45, 2.75) is 32.3 Å². The predicted molar refractivity (Wildman–Crippen MR) is 89.3 cm³/mol. The quantitative estimate of drug-likeness (QED) is 0.909. The van der Waals surface area contributed by atoms with Crippen molar-refractivity contribution in [3.8, 4) is 0 Å². The van der Waals surface area contributed by atoms with E-state index in [1.807, 2.05) is 26.0 Å². The summed E-state index contributed by atoms with van der Waals surface area (Å²) in [6, 6.07) is 4.05. The third-order valence-corrected chi connectivity index (χ3v) is 5.62. The molecule has 1 aliphatic rings. The highest BCUT2D eigenvalue weighted by Gasteiger charge is 2.31. The largest absolute Gasteiger partial charge is 0.464 e. The number of furan rings is 1. The molecule has 1 amide bonds. The molecular formula is C17H21NO3S. The number of rotatable bonds is 4. The van der Waals surface area contributed by atoms with Gasteiger partial charge in [0.2, 0.25) is 5.91 Å². The van der Waals surface area contributed by atoms with E-state index in [4.69, 9.17) is 4.42 Å². The minimum Gasteiger partial charge on any atom is -0.464 e. The van der Waals surface area contributed by atoms with Gasteiger partial charge >= 0.3 is 0 Å². The predicted octanol–water partition coefficient (Wildman–Crippen LogP) is 2.58. The molecule has 2 aromatic rings. The Hall–Kier alpha value is -1.46. The molecule has 0 saturated carbocycles. The van der Waals surface area contributed by atoms with Crippen molar-refractivity contribution >= 4 is 28.6 Å². The molecule has 3 rings (SSSR count). The van der Waals surface area contributed by atoms with E-state index < -0.39 is 5.60 Å². The standard InChI is InChI=1S/C17H21NO3S/c1-11-3-4-14-13(8-21-16(14)12(11)2)7-15(19)18-9-17(20)5-6-22-10-17/h3-4,8,20H,5-7,9-10H2,1-2H3,(H,18,19). The smallest absolute Gasteiger partial charge is 0.224 e. The van der Waals surface area contributed by atoms with Crippen molar-refractivity contribution in [3.05, 3.63) is 35.1 Å². The number of thioether (sulfide) groups is 1. The fourth-order valence-electron chi connectivity index (χ4n) is 2.76. The van der Waals surface area contributed by atoms with E-state index in [2.05, 4.69) is 5.32 Å². The highest BCUT2D eigenvalue weighted by Crippen LogP contribution is 2.28. The number of nitrogens with one attached hydrogen (secondary N) is 1. The van der Waals surface area contributed by atoms with Crippen molar-refractivity contribution in [2.24, 2.45) is 0 Å². The average molecular weight is 319 g/mol. The molecule has 1 fully saturated rings. The van der Waals surface area contributed by atoms with Crippen molar-refractivity contribution in [1.29, 1.82) is 0 Å². The normalized spacial score (nSPS) is 21.4. The summed E-state index contributed by atoms with van der Waals surface area (Å²) >= 11 is 1.73. The number of aryl methyl sites for hydroxylation is 2. The summed E-state index contributed by atoms with van der Waals surface area (Å²) in [7, 11) is 0. The monoisotopic (exact) mass is 319 g/mol. The Morgan fingerprint density at radius 2 is 2.27 bits per heavy atom. The molecule has 22 heavy (non-hydrogen) atoms. The fraction of sp³-hybridized carbons (Fsp3) is 0.471. The third-order valence-electron chi connectivity index (χ3n) is 4.39. The summed E-state index contributed by atoms with van der Waals surface area (Å²) in [5.74, 6) is 1.57. The first-order chi connectivity index (χ1) is 10.5. The number of fused-ring (bicyclic) bond motifs is 1. The second-order valence-corrected chi connectivity index (χ2v) is 7.23. The van der Waals surface area contributed by atoms with Gasteiger partial charge in [0.1, 0.15) is 5.58 Å². The molecule has 1 aromatic carbocycles. The third kappa shape index (κ3) is 3.01. The fourth-order valence-corrected chi connectivity index (χ4v) is 4.05. The summed E-state index contributed by atoms with van der Waals surface area (Å²) in [4.78, 5) is 12.1. The molecule has 118 valence electrons. The Bertz CT molecular complexity index is 701. The Labute approximate surface area is 134 Å². The summed E-state index contributed by atoms with van der Waals surface area (Å²) in [5, 5.41) is 14.1. The van der Waals surface area contributed by atoms with Crippen LogP contribution in [0.5, 0.6) is 0 Å². The summed E-state index contributed by atoms with van der Waals surface area (Å²) in [5.41, 5.74) is 3.30. The van der Waals surface area contributed by atoms with Gasteiger partial charge in [0.15, 0.2) is 0 Å². The number of hydrogen-bond acceptors (Lipinski definition) is 4. The Kier molecular flexibility index (Phi) is 4.19. The van der Waals surface area contributed by atoms with Gasteiger partial charge in [0.25, 0.3) is 0 Å². The van der Waals surface area contributed by atoms with E-state index in [9.17, 15) is 9.90 Å². The van der Waals surface area contributed by atoms with Crippen LogP contribution in [-0.2, 0) is 11.2 Å². The van der Waals surface area contributed by atoms with Gasteiger partial charge in [0.05, 0.1) is 18.3 Å². The first-order valence-electron chi connectivity index (χ1n) is 7.52. The molecule has 1 unspecified atom stereocenters. The number of aliphatic hydroxyl groups is 1. The van der Waals surface area contributed by atoms with Gasteiger partial charge in [-0.2, -0.15) is 11.8 Å². The molecule has 0 spiro atoms. The molecule has 1 aliphatic heterocycles. The SMILES string of the molecule is Cc1ccc2c(CC(=O)NCC3(O)CCSC3)coc2c1C. The van der Waals surface area contributed by atoms with Crippen molar-refractivity contribution < 1.29 is 14.3 Å². The van der Waals surface area contributed by atoms with Crippen molar-refractivity contribution in [2.75, 3.05) is 18.1 Å². The topological polar surface area (TPSA) is 62.5 Å². The Morgan fingerprint density at radius 3 is 3.00 bits per heavy atom. The summed E-state index contributed by atoms with van der Waals surface area (Å²) in [6.07, 6.45) is 2.68. The molecule has 1 aromatic heterocycles. The Morgan fingerprint density at radius 1 is 1.45 bits per heavy atom. The molecule has 2 heterocycles. The van der Waals surface area contributed by atoms with Crippen LogP contribution >= 0.6 is 11.8 Å². The van der Waals surface area contributed by atoms with Gasteiger partial charge in [-0.3, -0.25) is 4.79 Å². The van der Waals surface area contributed by atoms with Crippen LogP contribution in [0.4, 0.5) is 0 Å². The number of carbonyl (C=O) groups is 1. The highest BCUT2D eigenvalue weighted by atomic mass is 32.2. The van der Waals surface area contributed by atoms with E-state index in [1.165, 1.54) is 5.56 Å². The molecule has 1 atom stereocenters. The van der Waals surface area contributed by atoms with Crippen LogP contribution in [0, 0.1) is 13.8 Å². The van der Waals surface area contributed by atoms with Gasteiger partial charge in [-0.15, -0.1) is 0 Å². The molecule has 4 nitrogen and oxygen atoms in total. The van der Waals surface area contributed by atoms with E-state index in [0.29, 0.717) is 12.3 Å². The maximum atomic E-state index is 12.1. The number of benzene rings is 1. The van der Waals surface area contributed by atoms with Crippen LogP contribution in [-0.4, -0.2) is 34.7 Å². The van der Waals surface area contributed by atoms with Gasteiger partial charge in [-0.1, -0.05) is 12.1 Å². The van der Waals surface area contributed by atoms with Crippen LogP contribution in [0.25, 0.3) is 11.0 Å². The van der Waals surface area contributed by atoms with Crippen LogP contribution in [0.3, 0.4) is 0 Å². The number of hydrogen-bond donors (Lipinski definition) is 2. The van der Waals surface area contributed by atoms with Crippen molar-refractivity contribution in [1.82, 2.24) is 5.32 Å². The number of carbonyl (C=O) groups excluding carboxylic acids is 1. The highest BCUT2D eigenvalue weighted by molar-refractivity contribution is 7.99. The Balaban J connectivity index is 1.68. The van der Waals surface area contributed by atoms with Crippen LogP contribution < -0.4 is 5.32 Å². The van der Waals surface area contributed by atoms with Gasteiger partial charge in [0, 0.05) is 23.2 Å². The molecule has 0 aliphatic carbocycles. The van der Waals surface area contributed by atoms with Crippen LogP contribution in [0.1, 0.15) is 23.1 Å². The van der Waals surface area contributed by atoms with Crippen LogP contribution in [0.2, 0.25) is 0 Å². The zero-order chi connectivity index (χ0) is 15.7. The lowest BCUT2D eigenvalue weighted by molar-refractivity contribution is -0.121.